The summed E-state index contributed by atoms with van der Waals surface area (Å²) >= 11 is 0. The van der Waals surface area contributed by atoms with Gasteiger partial charge in [-0.3, -0.25) is 4.90 Å². The fourth-order valence-electron chi connectivity index (χ4n) is 5.05. The fraction of sp³-hybridized carbons (Fsp3) is 0.333. The summed E-state index contributed by atoms with van der Waals surface area (Å²) in [5, 5.41) is 10.3. The van der Waals surface area contributed by atoms with Crippen molar-refractivity contribution in [1.82, 2.24) is 4.90 Å². The maximum atomic E-state index is 10.3. The molecule has 170 valence electrons. The SMILES string of the molecule is CC(C)N1CCN(c2ccc(/C(=C(\c3ccccc3)C3CC3)c3cccc(O)c3)cc2)CC1. The molecule has 1 saturated carbocycles. The molecule has 0 spiro atoms. The summed E-state index contributed by atoms with van der Waals surface area (Å²) in [4.78, 5) is 5.05. The van der Waals surface area contributed by atoms with Crippen LogP contribution >= 0.6 is 0 Å². The van der Waals surface area contributed by atoms with E-state index in [-0.39, 0.29) is 0 Å². The number of aromatic hydroxyl groups is 1. The zero-order valence-corrected chi connectivity index (χ0v) is 19.7. The Morgan fingerprint density at radius 2 is 1.42 bits per heavy atom. The normalized spacial score (nSPS) is 17.8. The molecule has 1 aliphatic heterocycles. The first-order valence-electron chi connectivity index (χ1n) is 12.3. The Labute approximate surface area is 198 Å². The van der Waals surface area contributed by atoms with Gasteiger partial charge in [-0.05, 0) is 84.7 Å². The number of phenols is 1. The van der Waals surface area contributed by atoms with Crippen LogP contribution in [0, 0.1) is 5.92 Å². The van der Waals surface area contributed by atoms with Gasteiger partial charge in [0.15, 0.2) is 0 Å². The molecule has 0 unspecified atom stereocenters. The van der Waals surface area contributed by atoms with Crippen molar-refractivity contribution in [3.8, 4) is 5.75 Å². The first-order valence-corrected chi connectivity index (χ1v) is 12.3. The summed E-state index contributed by atoms with van der Waals surface area (Å²) in [5.74, 6) is 0.890. The maximum Gasteiger partial charge on any atom is 0.116 e. The van der Waals surface area contributed by atoms with Crippen molar-refractivity contribution in [2.75, 3.05) is 31.1 Å². The van der Waals surface area contributed by atoms with E-state index in [4.69, 9.17) is 0 Å². The van der Waals surface area contributed by atoms with Crippen molar-refractivity contribution < 1.29 is 5.11 Å². The van der Waals surface area contributed by atoms with E-state index in [1.54, 1.807) is 6.07 Å². The smallest absolute Gasteiger partial charge is 0.116 e. The first kappa shape index (κ1) is 21.8. The molecule has 0 aromatic heterocycles. The lowest BCUT2D eigenvalue weighted by atomic mass is 9.87. The summed E-state index contributed by atoms with van der Waals surface area (Å²) in [6.45, 7) is 8.95. The van der Waals surface area contributed by atoms with Crippen LogP contribution in [0.25, 0.3) is 11.1 Å². The molecule has 1 saturated heterocycles. The maximum absolute atomic E-state index is 10.3. The van der Waals surface area contributed by atoms with Crippen LogP contribution in [0.3, 0.4) is 0 Å². The first-order chi connectivity index (χ1) is 16.1. The summed E-state index contributed by atoms with van der Waals surface area (Å²) < 4.78 is 0. The molecule has 2 aliphatic rings. The molecule has 3 heteroatoms. The van der Waals surface area contributed by atoms with E-state index >= 15 is 0 Å². The molecular weight excluding hydrogens is 404 g/mol. The highest BCUT2D eigenvalue weighted by Crippen LogP contribution is 2.48. The summed E-state index contributed by atoms with van der Waals surface area (Å²) in [6, 6.07) is 28.2. The van der Waals surface area contributed by atoms with E-state index < -0.39 is 0 Å². The number of hydrogen-bond acceptors (Lipinski definition) is 3. The third kappa shape index (κ3) is 4.84. The lowest BCUT2D eigenvalue weighted by molar-refractivity contribution is 0.209. The zero-order chi connectivity index (χ0) is 22.8. The van der Waals surface area contributed by atoms with Crippen LogP contribution in [0.4, 0.5) is 5.69 Å². The predicted octanol–water partition coefficient (Wildman–Crippen LogP) is 6.29. The van der Waals surface area contributed by atoms with Crippen LogP contribution in [0.2, 0.25) is 0 Å². The van der Waals surface area contributed by atoms with E-state index in [0.29, 0.717) is 17.7 Å². The van der Waals surface area contributed by atoms with Crippen molar-refractivity contribution in [2.24, 2.45) is 5.92 Å². The monoisotopic (exact) mass is 438 g/mol. The van der Waals surface area contributed by atoms with Crippen LogP contribution in [-0.4, -0.2) is 42.2 Å². The van der Waals surface area contributed by atoms with Gasteiger partial charge in [-0.15, -0.1) is 0 Å². The van der Waals surface area contributed by atoms with Crippen LogP contribution in [0.5, 0.6) is 5.75 Å². The number of phenolic OH excluding ortho intramolecular Hbond substituents is 1. The van der Waals surface area contributed by atoms with E-state index in [1.165, 1.54) is 40.8 Å². The highest BCUT2D eigenvalue weighted by Gasteiger charge is 2.30. The van der Waals surface area contributed by atoms with Crippen molar-refractivity contribution in [2.45, 2.75) is 32.7 Å². The Bertz CT molecular complexity index is 1110. The quantitative estimate of drug-likeness (QED) is 0.458. The van der Waals surface area contributed by atoms with Gasteiger partial charge in [0, 0.05) is 37.9 Å². The molecule has 0 atom stereocenters. The van der Waals surface area contributed by atoms with Crippen molar-refractivity contribution in [1.29, 1.82) is 0 Å². The molecule has 33 heavy (non-hydrogen) atoms. The Balaban J connectivity index is 1.53. The van der Waals surface area contributed by atoms with Gasteiger partial charge in [-0.25, -0.2) is 0 Å². The van der Waals surface area contributed by atoms with Crippen LogP contribution < -0.4 is 4.90 Å². The number of benzene rings is 3. The summed E-state index contributed by atoms with van der Waals surface area (Å²) in [7, 11) is 0. The molecule has 3 nitrogen and oxygen atoms in total. The molecule has 2 fully saturated rings. The van der Waals surface area contributed by atoms with Gasteiger partial charge in [0.1, 0.15) is 5.75 Å². The van der Waals surface area contributed by atoms with Gasteiger partial charge < -0.3 is 10.0 Å². The fourth-order valence-corrected chi connectivity index (χ4v) is 5.05. The Kier molecular flexibility index (Phi) is 6.24. The van der Waals surface area contributed by atoms with E-state index in [2.05, 4.69) is 84.3 Å². The third-order valence-corrected chi connectivity index (χ3v) is 7.04. The molecule has 0 amide bonds. The van der Waals surface area contributed by atoms with E-state index in [9.17, 15) is 5.11 Å². The minimum absolute atomic E-state index is 0.313. The molecular formula is C30H34N2O. The van der Waals surface area contributed by atoms with Crippen molar-refractivity contribution >= 4 is 16.8 Å². The summed E-state index contributed by atoms with van der Waals surface area (Å²) in [5.41, 5.74) is 7.53. The molecule has 0 bridgehead atoms. The Morgan fingerprint density at radius 3 is 2.03 bits per heavy atom. The topological polar surface area (TPSA) is 26.7 Å². The van der Waals surface area contributed by atoms with E-state index in [0.717, 1.165) is 31.7 Å². The predicted molar refractivity (Wildman–Crippen MR) is 139 cm³/mol. The minimum Gasteiger partial charge on any atom is -0.508 e. The lowest BCUT2D eigenvalue weighted by Crippen LogP contribution is -2.48. The van der Waals surface area contributed by atoms with Gasteiger partial charge in [0.25, 0.3) is 0 Å². The van der Waals surface area contributed by atoms with Crippen LogP contribution in [0.15, 0.2) is 78.9 Å². The van der Waals surface area contributed by atoms with Gasteiger partial charge >= 0.3 is 0 Å². The number of allylic oxidation sites excluding steroid dienone is 1. The number of hydrogen-bond donors (Lipinski definition) is 1. The number of nitrogens with zero attached hydrogens (tertiary/aromatic N) is 2. The van der Waals surface area contributed by atoms with Crippen LogP contribution in [0.1, 0.15) is 43.4 Å². The third-order valence-electron chi connectivity index (χ3n) is 7.04. The van der Waals surface area contributed by atoms with Gasteiger partial charge in [-0.2, -0.15) is 0 Å². The largest absolute Gasteiger partial charge is 0.508 e. The van der Waals surface area contributed by atoms with Crippen molar-refractivity contribution in [3.63, 3.8) is 0 Å². The molecule has 1 aliphatic carbocycles. The molecule has 3 aromatic rings. The molecule has 1 heterocycles. The Morgan fingerprint density at radius 1 is 0.758 bits per heavy atom. The molecule has 0 radical (unpaired) electrons. The summed E-state index contributed by atoms with van der Waals surface area (Å²) in [6.07, 6.45) is 2.45. The average molecular weight is 439 g/mol. The van der Waals surface area contributed by atoms with E-state index in [1.807, 2.05) is 12.1 Å². The van der Waals surface area contributed by atoms with Crippen LogP contribution in [-0.2, 0) is 0 Å². The van der Waals surface area contributed by atoms with Gasteiger partial charge in [-0.1, -0.05) is 54.6 Å². The Hall–Kier alpha value is -3.04. The second-order valence-corrected chi connectivity index (χ2v) is 9.64. The highest BCUT2D eigenvalue weighted by molar-refractivity contribution is 6.00. The standard InChI is InChI=1S/C30H34N2O/c1-22(2)31-17-19-32(20-18-31)27-15-13-25(14-16-27)30(26-9-6-10-28(33)21-26)29(24-11-12-24)23-7-4-3-5-8-23/h3-10,13-16,21-22,24,33H,11-12,17-20H2,1-2H3/b30-29-. The number of piperazine rings is 1. The molecule has 5 rings (SSSR count). The second-order valence-electron chi connectivity index (χ2n) is 9.64. The number of rotatable bonds is 6. The second kappa shape index (κ2) is 9.44. The minimum atomic E-state index is 0.313. The average Bonchev–Trinajstić information content (AvgIpc) is 3.68. The van der Waals surface area contributed by atoms with Gasteiger partial charge in [0.05, 0.1) is 0 Å². The zero-order valence-electron chi connectivity index (χ0n) is 19.7. The van der Waals surface area contributed by atoms with Gasteiger partial charge in [0.2, 0.25) is 0 Å². The molecule has 3 aromatic carbocycles. The van der Waals surface area contributed by atoms with Crippen molar-refractivity contribution in [3.05, 3.63) is 95.6 Å². The molecule has 1 N–H and O–H groups in total. The number of anilines is 1. The highest BCUT2D eigenvalue weighted by atomic mass is 16.3. The lowest BCUT2D eigenvalue weighted by Gasteiger charge is -2.38.